The van der Waals surface area contributed by atoms with Crippen LogP contribution in [-0.2, 0) is 24.4 Å². The maximum atomic E-state index is 11.7. The first-order valence-electron chi connectivity index (χ1n) is 5.73. The van der Waals surface area contributed by atoms with Gasteiger partial charge in [-0.15, -0.1) is 0 Å². The third kappa shape index (κ3) is 5.13. The summed E-state index contributed by atoms with van der Waals surface area (Å²) in [7, 11) is -3.40. The van der Waals surface area contributed by atoms with E-state index < -0.39 is 33.5 Å². The Morgan fingerprint density at radius 3 is 2.55 bits per heavy atom. The number of rotatable bonds is 6. The van der Waals surface area contributed by atoms with E-state index in [4.69, 9.17) is 9.94 Å². The molecule has 9 nitrogen and oxygen atoms in total. The number of aliphatic carboxylic acids is 1. The van der Waals surface area contributed by atoms with E-state index in [2.05, 4.69) is 15.2 Å². The molecule has 1 aliphatic rings. The van der Waals surface area contributed by atoms with E-state index in [1.165, 1.54) is 0 Å². The highest BCUT2D eigenvalue weighted by Crippen LogP contribution is 2.11. The largest absolute Gasteiger partial charge is 0.477 e. The molecule has 10 heteroatoms. The second-order valence-corrected chi connectivity index (χ2v) is 6.87. The van der Waals surface area contributed by atoms with Crippen molar-refractivity contribution in [3.05, 3.63) is 0 Å². The molecule has 1 unspecified atom stereocenters. The van der Waals surface area contributed by atoms with Crippen molar-refractivity contribution in [2.75, 3.05) is 12.8 Å². The summed E-state index contributed by atoms with van der Waals surface area (Å²) in [6.45, 7) is 3.23. The van der Waals surface area contributed by atoms with Gasteiger partial charge in [0, 0.05) is 18.5 Å². The third-order valence-corrected chi connectivity index (χ3v) is 3.30. The standard InChI is InChI=1S/C10H17N3O6S/c1-10(2,13-20(3,17)18)5-11-8(14)7-4-6(9(15)16)12-19-7/h7,13H,4-5H2,1-3H3,(H,11,14)(H,15,16). The minimum absolute atomic E-state index is 0.0289. The minimum Gasteiger partial charge on any atom is -0.477 e. The Morgan fingerprint density at radius 2 is 2.10 bits per heavy atom. The molecular formula is C10H17N3O6S. The number of oxime groups is 1. The fourth-order valence-corrected chi connectivity index (χ4v) is 2.68. The van der Waals surface area contributed by atoms with Gasteiger partial charge in [0.2, 0.25) is 16.1 Å². The van der Waals surface area contributed by atoms with Crippen LogP contribution < -0.4 is 10.0 Å². The molecule has 0 bridgehead atoms. The van der Waals surface area contributed by atoms with Gasteiger partial charge in [-0.25, -0.2) is 17.9 Å². The van der Waals surface area contributed by atoms with Crippen LogP contribution in [0, 0.1) is 0 Å². The van der Waals surface area contributed by atoms with Crippen molar-refractivity contribution in [3.8, 4) is 0 Å². The van der Waals surface area contributed by atoms with Crippen molar-refractivity contribution in [2.24, 2.45) is 5.16 Å². The fraction of sp³-hybridized carbons (Fsp3) is 0.700. The molecule has 1 rings (SSSR count). The van der Waals surface area contributed by atoms with Crippen molar-refractivity contribution in [1.29, 1.82) is 0 Å². The summed E-state index contributed by atoms with van der Waals surface area (Å²) in [5, 5.41) is 14.5. The molecule has 0 aromatic rings. The SMILES string of the molecule is CC(C)(CNC(=O)C1CC(C(=O)O)=NO1)NS(C)(=O)=O. The Bertz CT molecular complexity index is 539. The van der Waals surface area contributed by atoms with Crippen LogP contribution in [0.1, 0.15) is 20.3 Å². The first-order chi connectivity index (χ1) is 9.00. The number of carboxylic acids is 1. The van der Waals surface area contributed by atoms with Crippen LogP contribution in [0.4, 0.5) is 0 Å². The van der Waals surface area contributed by atoms with Crippen LogP contribution in [0.5, 0.6) is 0 Å². The molecule has 1 heterocycles. The number of carboxylic acid groups (broad SMARTS) is 1. The lowest BCUT2D eigenvalue weighted by Crippen LogP contribution is -2.52. The summed E-state index contributed by atoms with van der Waals surface area (Å²) in [6, 6.07) is 0. The molecule has 0 aromatic heterocycles. The highest BCUT2D eigenvalue weighted by Gasteiger charge is 2.32. The van der Waals surface area contributed by atoms with Crippen molar-refractivity contribution in [3.63, 3.8) is 0 Å². The van der Waals surface area contributed by atoms with Crippen LogP contribution in [-0.4, -0.2) is 55.6 Å². The first kappa shape index (κ1) is 16.4. The average molecular weight is 307 g/mol. The smallest absolute Gasteiger partial charge is 0.353 e. The zero-order chi connectivity index (χ0) is 15.6. The lowest BCUT2D eigenvalue weighted by molar-refractivity contribution is -0.131. The number of nitrogens with one attached hydrogen (secondary N) is 2. The lowest BCUT2D eigenvalue weighted by atomic mass is 10.1. The minimum atomic E-state index is -3.40. The molecule has 114 valence electrons. The van der Waals surface area contributed by atoms with Crippen molar-refractivity contribution in [2.45, 2.75) is 31.9 Å². The molecule has 20 heavy (non-hydrogen) atoms. The van der Waals surface area contributed by atoms with Gasteiger partial charge in [0.05, 0.1) is 6.26 Å². The molecule has 0 saturated carbocycles. The van der Waals surface area contributed by atoms with Crippen molar-refractivity contribution >= 4 is 27.6 Å². The summed E-state index contributed by atoms with van der Waals surface area (Å²) in [5.41, 5.74) is -1.10. The topological polar surface area (TPSA) is 134 Å². The Labute approximate surface area is 116 Å². The van der Waals surface area contributed by atoms with E-state index in [9.17, 15) is 18.0 Å². The van der Waals surface area contributed by atoms with Crippen LogP contribution in [0.2, 0.25) is 0 Å². The highest BCUT2D eigenvalue weighted by molar-refractivity contribution is 7.88. The maximum absolute atomic E-state index is 11.7. The molecule has 0 fully saturated rings. The second kappa shape index (κ2) is 5.75. The summed E-state index contributed by atoms with van der Waals surface area (Å²) in [4.78, 5) is 27.1. The van der Waals surface area contributed by atoms with Gasteiger partial charge in [-0.1, -0.05) is 5.16 Å². The first-order valence-corrected chi connectivity index (χ1v) is 7.62. The average Bonchev–Trinajstić information content (AvgIpc) is 2.71. The number of hydrogen-bond donors (Lipinski definition) is 3. The van der Waals surface area contributed by atoms with Crippen molar-refractivity contribution < 1.29 is 28.0 Å². The van der Waals surface area contributed by atoms with E-state index in [1.54, 1.807) is 13.8 Å². The van der Waals surface area contributed by atoms with Crippen molar-refractivity contribution in [1.82, 2.24) is 10.0 Å². The van der Waals surface area contributed by atoms with Gasteiger partial charge in [-0.3, -0.25) is 4.79 Å². The third-order valence-electron chi connectivity index (χ3n) is 2.37. The molecule has 1 aliphatic heterocycles. The van der Waals surface area contributed by atoms with E-state index in [1.807, 2.05) is 0 Å². The van der Waals surface area contributed by atoms with Gasteiger partial charge in [0.25, 0.3) is 5.91 Å². The van der Waals surface area contributed by atoms with Crippen LogP contribution in [0.25, 0.3) is 0 Å². The molecule has 3 N–H and O–H groups in total. The summed E-state index contributed by atoms with van der Waals surface area (Å²) in [5.74, 6) is -1.78. The van der Waals surface area contributed by atoms with Crippen LogP contribution >= 0.6 is 0 Å². The lowest BCUT2D eigenvalue weighted by Gasteiger charge is -2.25. The Kier molecular flexibility index (Phi) is 4.71. The molecule has 0 saturated heterocycles. The predicted octanol–water partition coefficient (Wildman–Crippen LogP) is -1.34. The highest BCUT2D eigenvalue weighted by atomic mass is 32.2. The zero-order valence-electron chi connectivity index (χ0n) is 11.3. The molecule has 0 aromatic carbocycles. The number of carbonyl (C=O) groups excluding carboxylic acids is 1. The number of nitrogens with zero attached hydrogens (tertiary/aromatic N) is 1. The normalized spacial score (nSPS) is 19.1. The van der Waals surface area contributed by atoms with Gasteiger partial charge in [-0.2, -0.15) is 0 Å². The molecular weight excluding hydrogens is 290 g/mol. The Balaban J connectivity index is 2.47. The quantitative estimate of drug-likeness (QED) is 0.556. The number of sulfonamides is 1. The summed E-state index contributed by atoms with van der Waals surface area (Å²) >= 11 is 0. The molecule has 0 radical (unpaired) electrons. The number of amides is 1. The van der Waals surface area contributed by atoms with Gasteiger partial charge in [0.1, 0.15) is 0 Å². The second-order valence-electron chi connectivity index (χ2n) is 5.12. The summed E-state index contributed by atoms with van der Waals surface area (Å²) < 4.78 is 24.6. The fourth-order valence-electron chi connectivity index (χ4n) is 1.60. The number of carbonyl (C=O) groups is 2. The molecule has 0 spiro atoms. The van der Waals surface area contributed by atoms with E-state index >= 15 is 0 Å². The van der Waals surface area contributed by atoms with Gasteiger partial charge in [-0.05, 0) is 13.8 Å². The van der Waals surface area contributed by atoms with E-state index in [-0.39, 0.29) is 18.7 Å². The van der Waals surface area contributed by atoms with Gasteiger partial charge in [0.15, 0.2) is 5.71 Å². The Morgan fingerprint density at radius 1 is 1.50 bits per heavy atom. The zero-order valence-corrected chi connectivity index (χ0v) is 12.2. The molecule has 1 atom stereocenters. The maximum Gasteiger partial charge on any atom is 0.353 e. The van der Waals surface area contributed by atoms with Crippen LogP contribution in [0.15, 0.2) is 5.16 Å². The number of hydrogen-bond acceptors (Lipinski definition) is 6. The van der Waals surface area contributed by atoms with E-state index in [0.717, 1.165) is 6.26 Å². The Hall–Kier alpha value is -1.68. The monoisotopic (exact) mass is 307 g/mol. The predicted molar refractivity (Wildman–Crippen MR) is 69.6 cm³/mol. The van der Waals surface area contributed by atoms with E-state index in [0.29, 0.717) is 0 Å². The van der Waals surface area contributed by atoms with Gasteiger partial charge >= 0.3 is 5.97 Å². The van der Waals surface area contributed by atoms with Crippen LogP contribution in [0.3, 0.4) is 0 Å². The molecule has 1 amide bonds. The summed E-state index contributed by atoms with van der Waals surface area (Å²) in [6.07, 6.45) is -0.111. The van der Waals surface area contributed by atoms with Gasteiger partial charge < -0.3 is 15.3 Å². The molecule has 0 aliphatic carbocycles.